The zero-order chi connectivity index (χ0) is 23.6. The third-order valence-corrected chi connectivity index (χ3v) is 6.32. The van der Waals surface area contributed by atoms with Crippen molar-refractivity contribution in [1.82, 2.24) is 15.3 Å². The first-order valence-electron chi connectivity index (χ1n) is 10.4. The Kier molecular flexibility index (Phi) is 8.93. The van der Waals surface area contributed by atoms with Gasteiger partial charge in [-0.2, -0.15) is 0 Å². The van der Waals surface area contributed by atoms with Gasteiger partial charge < -0.3 is 10.3 Å². The molecule has 168 valence electrons. The van der Waals surface area contributed by atoms with Gasteiger partial charge in [0.25, 0.3) is 0 Å². The number of benzene rings is 2. The first kappa shape index (κ1) is 24.4. The number of carbonyl (C=O) groups is 1. The zero-order valence-corrected chi connectivity index (χ0v) is 20.2. The minimum absolute atomic E-state index is 0.682. The molecule has 0 atom stereocenters. The fraction of sp³-hybridized carbons (Fsp3) is 0.111. The normalized spacial score (nSPS) is 11.7. The van der Waals surface area contributed by atoms with Gasteiger partial charge >= 0.3 is 0 Å². The van der Waals surface area contributed by atoms with Crippen molar-refractivity contribution >= 4 is 51.5 Å². The summed E-state index contributed by atoms with van der Waals surface area (Å²) < 4.78 is 0. The maximum atomic E-state index is 11.2. The largest absolute Gasteiger partial charge is 0.392 e. The third kappa shape index (κ3) is 6.37. The second-order valence-electron chi connectivity index (χ2n) is 7.18. The van der Waals surface area contributed by atoms with E-state index in [2.05, 4.69) is 40.1 Å². The van der Waals surface area contributed by atoms with E-state index in [1.165, 1.54) is 10.9 Å². The Hall–Kier alpha value is -3.28. The van der Waals surface area contributed by atoms with Gasteiger partial charge in [0.05, 0.1) is 5.52 Å². The summed E-state index contributed by atoms with van der Waals surface area (Å²) in [4.78, 5) is 19.9. The standard InChI is InChI=1S/C19H14N2OS.C8H12ClN/c22-11-14-10-21-17-6-3-7-18(19(14)17)23-12-13-8-9-20-16-5-2-1-4-15(13)16;1-4-5-8(9)6-7(2)10-3/h1-11,21H,12H2;4-6,10H,1H2,2-3H3/b;7-6+,8-5+. The number of pyridine rings is 1. The highest BCUT2D eigenvalue weighted by atomic mass is 35.5. The van der Waals surface area contributed by atoms with Crippen molar-refractivity contribution in [1.29, 1.82) is 0 Å². The van der Waals surface area contributed by atoms with Gasteiger partial charge in [-0.1, -0.05) is 48.5 Å². The van der Waals surface area contributed by atoms with Gasteiger partial charge in [0.15, 0.2) is 6.29 Å². The summed E-state index contributed by atoms with van der Waals surface area (Å²) in [6, 6.07) is 16.3. The maximum absolute atomic E-state index is 11.2. The summed E-state index contributed by atoms with van der Waals surface area (Å²) in [6.07, 6.45) is 9.76. The Morgan fingerprint density at radius 3 is 2.79 bits per heavy atom. The van der Waals surface area contributed by atoms with Gasteiger partial charge in [-0.15, -0.1) is 11.8 Å². The average molecular weight is 476 g/mol. The van der Waals surface area contributed by atoms with Crippen LogP contribution in [0.5, 0.6) is 0 Å². The number of allylic oxidation sites excluding steroid dienone is 5. The highest BCUT2D eigenvalue weighted by Crippen LogP contribution is 2.33. The molecular formula is C27H26ClN3OS. The van der Waals surface area contributed by atoms with Gasteiger partial charge in [-0.3, -0.25) is 9.78 Å². The van der Waals surface area contributed by atoms with Crippen molar-refractivity contribution in [3.05, 3.63) is 108 Å². The van der Waals surface area contributed by atoms with Crippen LogP contribution >= 0.6 is 23.4 Å². The van der Waals surface area contributed by atoms with E-state index in [-0.39, 0.29) is 0 Å². The predicted octanol–water partition coefficient (Wildman–Crippen LogP) is 7.24. The molecule has 4 rings (SSSR count). The lowest BCUT2D eigenvalue weighted by molar-refractivity contribution is 0.112. The summed E-state index contributed by atoms with van der Waals surface area (Å²) in [5, 5.41) is 5.82. The lowest BCUT2D eigenvalue weighted by Gasteiger charge is -2.07. The number of fused-ring (bicyclic) bond motifs is 2. The molecule has 0 bridgehead atoms. The van der Waals surface area contributed by atoms with E-state index >= 15 is 0 Å². The van der Waals surface area contributed by atoms with Crippen molar-refractivity contribution in [2.75, 3.05) is 7.05 Å². The van der Waals surface area contributed by atoms with Crippen LogP contribution < -0.4 is 5.32 Å². The van der Waals surface area contributed by atoms with Crippen molar-refractivity contribution in [3.63, 3.8) is 0 Å². The van der Waals surface area contributed by atoms with Gasteiger partial charge in [0.1, 0.15) is 0 Å². The number of hydrogen-bond acceptors (Lipinski definition) is 4. The number of para-hydroxylation sites is 1. The molecule has 0 spiro atoms. The van der Waals surface area contributed by atoms with E-state index in [4.69, 9.17) is 11.6 Å². The molecule has 0 fully saturated rings. The molecule has 2 aromatic carbocycles. The lowest BCUT2D eigenvalue weighted by atomic mass is 10.1. The summed E-state index contributed by atoms with van der Waals surface area (Å²) in [5.74, 6) is 0.839. The predicted molar refractivity (Wildman–Crippen MR) is 142 cm³/mol. The summed E-state index contributed by atoms with van der Waals surface area (Å²) >= 11 is 7.47. The fourth-order valence-corrected chi connectivity index (χ4v) is 4.63. The Bertz CT molecular complexity index is 1320. The molecule has 0 unspecified atom stereocenters. The third-order valence-electron chi connectivity index (χ3n) is 4.97. The van der Waals surface area contributed by atoms with Crippen LogP contribution in [0, 0.1) is 0 Å². The van der Waals surface area contributed by atoms with Crippen LogP contribution in [0.15, 0.2) is 101 Å². The first-order chi connectivity index (χ1) is 16.1. The highest BCUT2D eigenvalue weighted by Gasteiger charge is 2.09. The molecule has 0 saturated heterocycles. The molecule has 0 amide bonds. The zero-order valence-electron chi connectivity index (χ0n) is 18.6. The van der Waals surface area contributed by atoms with Crippen LogP contribution in [-0.4, -0.2) is 23.3 Å². The number of hydrogen-bond donors (Lipinski definition) is 2. The maximum Gasteiger partial charge on any atom is 0.152 e. The number of rotatable bonds is 7. The van der Waals surface area contributed by atoms with Crippen molar-refractivity contribution in [3.8, 4) is 0 Å². The molecule has 0 aliphatic rings. The molecule has 0 aliphatic carbocycles. The van der Waals surface area contributed by atoms with E-state index in [9.17, 15) is 4.79 Å². The molecule has 2 aromatic heterocycles. The van der Waals surface area contributed by atoms with Crippen LogP contribution in [0.25, 0.3) is 21.8 Å². The summed E-state index contributed by atoms with van der Waals surface area (Å²) in [6.45, 7) is 5.47. The second kappa shape index (κ2) is 12.1. The first-order valence-corrected chi connectivity index (χ1v) is 11.8. The fourth-order valence-electron chi connectivity index (χ4n) is 3.27. The lowest BCUT2D eigenvalue weighted by Crippen LogP contribution is -2.00. The van der Waals surface area contributed by atoms with Crippen molar-refractivity contribution in [2.24, 2.45) is 0 Å². The Morgan fingerprint density at radius 1 is 1.21 bits per heavy atom. The van der Waals surface area contributed by atoms with Crippen molar-refractivity contribution < 1.29 is 4.79 Å². The van der Waals surface area contributed by atoms with Gasteiger partial charge in [-0.25, -0.2) is 0 Å². The van der Waals surface area contributed by atoms with Crippen molar-refractivity contribution in [2.45, 2.75) is 17.6 Å². The number of nitrogens with one attached hydrogen (secondary N) is 2. The minimum atomic E-state index is 0.682. The molecule has 4 aromatic rings. The van der Waals surface area contributed by atoms with Crippen LogP contribution in [0.3, 0.4) is 0 Å². The van der Waals surface area contributed by atoms with Crippen LogP contribution in [0.1, 0.15) is 22.8 Å². The minimum Gasteiger partial charge on any atom is -0.392 e. The number of nitrogens with zero attached hydrogens (tertiary/aromatic N) is 1. The molecule has 6 heteroatoms. The molecule has 0 radical (unpaired) electrons. The number of thioether (sulfide) groups is 1. The Labute approximate surface area is 203 Å². The van der Waals surface area contributed by atoms with Crippen LogP contribution in [0.2, 0.25) is 0 Å². The van der Waals surface area contributed by atoms with E-state index in [1.807, 2.05) is 56.6 Å². The Balaban J connectivity index is 0.000000262. The molecule has 2 heterocycles. The van der Waals surface area contributed by atoms with E-state index < -0.39 is 0 Å². The highest BCUT2D eigenvalue weighted by molar-refractivity contribution is 7.98. The molecule has 33 heavy (non-hydrogen) atoms. The second-order valence-corrected chi connectivity index (χ2v) is 8.63. The number of aldehydes is 1. The molecule has 0 aliphatic heterocycles. The van der Waals surface area contributed by atoms with Crippen LogP contribution in [-0.2, 0) is 5.75 Å². The number of carbonyl (C=O) groups excluding carboxylic acids is 1. The monoisotopic (exact) mass is 475 g/mol. The number of halogens is 1. The molecule has 0 saturated carbocycles. The van der Waals surface area contributed by atoms with Gasteiger partial charge in [-0.05, 0) is 48.9 Å². The smallest absolute Gasteiger partial charge is 0.152 e. The number of aromatic amines is 1. The van der Waals surface area contributed by atoms with Crippen LogP contribution in [0.4, 0.5) is 0 Å². The molecule has 2 N–H and O–H groups in total. The van der Waals surface area contributed by atoms with Gasteiger partial charge in [0, 0.05) is 62.7 Å². The Morgan fingerprint density at radius 2 is 2.03 bits per heavy atom. The molecular weight excluding hydrogens is 450 g/mol. The average Bonchev–Trinajstić information content (AvgIpc) is 3.27. The number of H-pyrrole nitrogens is 1. The van der Waals surface area contributed by atoms with E-state index in [0.717, 1.165) is 39.1 Å². The van der Waals surface area contributed by atoms with E-state index in [0.29, 0.717) is 10.6 Å². The SMILES string of the molecule is C=C/C=C(Cl)\C=C(/C)NC.O=Cc1c[nH]c2cccc(SCc3ccnc4ccccc34)c12. The van der Waals surface area contributed by atoms with E-state index in [1.54, 1.807) is 30.1 Å². The summed E-state index contributed by atoms with van der Waals surface area (Å²) in [7, 11) is 1.85. The quantitative estimate of drug-likeness (QED) is 0.168. The van der Waals surface area contributed by atoms with Gasteiger partial charge in [0.2, 0.25) is 0 Å². The topological polar surface area (TPSA) is 57.8 Å². The summed E-state index contributed by atoms with van der Waals surface area (Å²) in [5.41, 5.74) is 5.00. The molecule has 4 nitrogen and oxygen atoms in total. The number of aromatic nitrogens is 2.